The zero-order chi connectivity index (χ0) is 27.5. The monoisotopic (exact) mass is 546 g/mol. The summed E-state index contributed by atoms with van der Waals surface area (Å²) in [7, 11) is 0. The van der Waals surface area contributed by atoms with Crippen molar-refractivity contribution in [1.29, 1.82) is 0 Å². The minimum atomic E-state index is -0.782. The third-order valence-electron chi connectivity index (χ3n) is 9.38. The second kappa shape index (κ2) is 12.2. The number of carboxylic acids is 1. The summed E-state index contributed by atoms with van der Waals surface area (Å²) < 4.78 is 21.8. The quantitative estimate of drug-likeness (QED) is 0.162. The molecule has 0 unspecified atom stereocenters. The van der Waals surface area contributed by atoms with Gasteiger partial charge in [0.15, 0.2) is 11.6 Å². The van der Waals surface area contributed by atoms with E-state index in [1.807, 2.05) is 0 Å². The molecule has 9 nitrogen and oxygen atoms in total. The Balaban J connectivity index is 1.29. The van der Waals surface area contributed by atoms with E-state index in [1.54, 1.807) is 0 Å². The fourth-order valence-corrected chi connectivity index (χ4v) is 7.57. The van der Waals surface area contributed by atoms with Gasteiger partial charge in [0.25, 0.3) is 0 Å². The van der Waals surface area contributed by atoms with E-state index in [4.69, 9.17) is 19.3 Å². The lowest BCUT2D eigenvalue weighted by molar-refractivity contribution is -0.609. The number of guanidine groups is 1. The van der Waals surface area contributed by atoms with Crippen molar-refractivity contribution < 1.29 is 33.5 Å². The summed E-state index contributed by atoms with van der Waals surface area (Å²) in [4.78, 5) is 24.5. The number of esters is 1. The molecule has 0 aromatic rings. The first-order valence-corrected chi connectivity index (χ1v) is 15.5. The smallest absolute Gasteiger partial charge is 0.350 e. The molecule has 5 aliphatic heterocycles. The van der Waals surface area contributed by atoms with Crippen LogP contribution in [0.5, 0.6) is 0 Å². The number of rotatable bonds is 10. The van der Waals surface area contributed by atoms with E-state index in [-0.39, 0.29) is 36.6 Å². The predicted octanol–water partition coefficient (Wildman–Crippen LogP) is 4.19. The Kier molecular flexibility index (Phi) is 8.86. The fraction of sp³-hybridized carbons (Fsp3) is 0.833. The van der Waals surface area contributed by atoms with E-state index < -0.39 is 17.4 Å². The van der Waals surface area contributed by atoms with E-state index in [9.17, 15) is 9.59 Å². The van der Waals surface area contributed by atoms with E-state index in [2.05, 4.69) is 41.2 Å². The zero-order valence-electron chi connectivity index (χ0n) is 23.8. The van der Waals surface area contributed by atoms with Crippen molar-refractivity contribution in [1.82, 2.24) is 10.6 Å². The van der Waals surface area contributed by atoms with Crippen LogP contribution in [0.3, 0.4) is 0 Å². The molecule has 3 N–H and O–H groups in total. The fourth-order valence-electron chi connectivity index (χ4n) is 7.57. The van der Waals surface area contributed by atoms with Gasteiger partial charge in [0.1, 0.15) is 0 Å². The molecule has 0 saturated carbocycles. The summed E-state index contributed by atoms with van der Waals surface area (Å²) in [6.07, 6.45) is 17.6. The molecule has 2 saturated heterocycles. The van der Waals surface area contributed by atoms with Crippen LogP contribution < -0.4 is 10.6 Å². The Morgan fingerprint density at radius 3 is 2.72 bits per heavy atom. The topological polar surface area (TPSA) is 109 Å². The number of carbonyl (C=O) groups excluding carboxylic acids is 1. The molecule has 5 heterocycles. The number of carbonyl (C=O) groups is 2. The molecule has 39 heavy (non-hydrogen) atoms. The molecule has 5 rings (SSSR count). The van der Waals surface area contributed by atoms with Gasteiger partial charge in [0.05, 0.1) is 30.9 Å². The van der Waals surface area contributed by atoms with Crippen molar-refractivity contribution in [2.45, 2.75) is 146 Å². The van der Waals surface area contributed by atoms with Crippen LogP contribution in [-0.4, -0.2) is 69.9 Å². The number of hydrogen-bond donors (Lipinski definition) is 3. The first kappa shape index (κ1) is 28.4. The van der Waals surface area contributed by atoms with Gasteiger partial charge in [-0.3, -0.25) is 14.2 Å². The highest BCUT2D eigenvalue weighted by molar-refractivity contribution is 5.82. The highest BCUT2D eigenvalue weighted by Crippen LogP contribution is 2.45. The van der Waals surface area contributed by atoms with Gasteiger partial charge in [-0.15, -0.1) is 0 Å². The van der Waals surface area contributed by atoms with Gasteiger partial charge in [-0.25, -0.2) is 10.6 Å². The number of aliphatic carboxylic acids is 1. The average molecular weight is 547 g/mol. The molecule has 0 bridgehead atoms. The minimum absolute atomic E-state index is 0.0378. The summed E-state index contributed by atoms with van der Waals surface area (Å²) in [5.74, 6) is -0.324. The highest BCUT2D eigenvalue weighted by atomic mass is 16.6. The van der Waals surface area contributed by atoms with E-state index in [1.165, 1.54) is 0 Å². The number of carboxylic acid groups (broad SMARTS) is 1. The molecule has 0 aliphatic carbocycles. The SMILES string of the molecule is CC[C@H]1C=CCC[C@@]2(C[C@@H]3CC[C@@H]4[C@H](C(=O)OCCCCCCCC(=O)O)[C@]5(CCC[C@@H](C)O5)NC(=[N+]34)N2)O1. The number of unbranched alkanes of at least 4 members (excludes halogenated alkanes) is 4. The highest BCUT2D eigenvalue weighted by Gasteiger charge is 2.64. The first-order valence-electron chi connectivity index (χ1n) is 15.5. The van der Waals surface area contributed by atoms with Crippen LogP contribution >= 0.6 is 0 Å². The summed E-state index contributed by atoms with van der Waals surface area (Å²) in [5.41, 5.74) is -1.20. The van der Waals surface area contributed by atoms with Crippen molar-refractivity contribution >= 4 is 17.9 Å². The third kappa shape index (κ3) is 6.14. The van der Waals surface area contributed by atoms with Crippen LogP contribution in [-0.2, 0) is 23.8 Å². The average Bonchev–Trinajstić information content (AvgIpc) is 3.19. The second-order valence-corrected chi connectivity index (χ2v) is 12.3. The summed E-state index contributed by atoms with van der Waals surface area (Å²) >= 11 is 0. The number of allylic oxidation sites excluding steroid dienone is 1. The molecule has 0 aromatic heterocycles. The molecule has 218 valence electrons. The van der Waals surface area contributed by atoms with Gasteiger partial charge in [0.2, 0.25) is 5.72 Å². The number of nitrogens with zero attached hydrogens (tertiary/aromatic N) is 1. The van der Waals surface area contributed by atoms with E-state index in [0.29, 0.717) is 19.1 Å². The lowest BCUT2D eigenvalue weighted by Crippen LogP contribution is -2.76. The summed E-state index contributed by atoms with van der Waals surface area (Å²) in [5, 5.41) is 16.3. The molecule has 0 radical (unpaired) electrons. The molecule has 0 aromatic carbocycles. The molecule has 2 spiro atoms. The van der Waals surface area contributed by atoms with Gasteiger partial charge in [-0.05, 0) is 58.3 Å². The van der Waals surface area contributed by atoms with Gasteiger partial charge < -0.3 is 19.3 Å². The van der Waals surface area contributed by atoms with Gasteiger partial charge in [-0.1, -0.05) is 38.3 Å². The Hall–Kier alpha value is -2.13. The molecule has 0 amide bonds. The Labute approximate surface area is 232 Å². The van der Waals surface area contributed by atoms with Crippen LogP contribution in [0.15, 0.2) is 12.2 Å². The lowest BCUT2D eigenvalue weighted by atomic mass is 9.80. The Morgan fingerprint density at radius 2 is 1.92 bits per heavy atom. The van der Waals surface area contributed by atoms with Crippen LogP contribution in [0.25, 0.3) is 0 Å². The van der Waals surface area contributed by atoms with E-state index in [0.717, 1.165) is 89.4 Å². The number of nitrogens with one attached hydrogen (secondary N) is 2. The van der Waals surface area contributed by atoms with Crippen LogP contribution in [0.1, 0.15) is 110 Å². The van der Waals surface area contributed by atoms with Crippen molar-refractivity contribution in [3.8, 4) is 0 Å². The standard InChI is InChI=1S/C30H47N3O6/c1-3-23-13-8-9-17-29(39-23)20-22-15-16-24-26(27(36)37-19-10-6-4-5-7-14-25(34)35)30(18-11-12-21(2)38-30)32-28(31-29)33(22)24/h8,13,21-24,26H,3-7,9-12,14-20H2,1-2H3,(H2,31,32,34,35)/p+1/t21-,22+,23+,24-,26-,29+,30-/m1/s1. The molecule has 7 atom stereocenters. The minimum Gasteiger partial charge on any atom is -0.481 e. The van der Waals surface area contributed by atoms with Crippen molar-refractivity contribution in [2.24, 2.45) is 5.92 Å². The molecular formula is C30H48N3O6+. The van der Waals surface area contributed by atoms with Gasteiger partial charge in [0, 0.05) is 25.7 Å². The van der Waals surface area contributed by atoms with Gasteiger partial charge >= 0.3 is 17.9 Å². The van der Waals surface area contributed by atoms with Crippen molar-refractivity contribution in [3.63, 3.8) is 0 Å². The maximum absolute atomic E-state index is 13.8. The summed E-state index contributed by atoms with van der Waals surface area (Å²) in [6.45, 7) is 4.67. The molecular weight excluding hydrogens is 498 g/mol. The van der Waals surface area contributed by atoms with Crippen molar-refractivity contribution in [2.75, 3.05) is 6.61 Å². The maximum Gasteiger partial charge on any atom is 0.350 e. The molecule has 9 heteroatoms. The second-order valence-electron chi connectivity index (χ2n) is 12.3. The molecule has 2 fully saturated rings. The zero-order valence-corrected chi connectivity index (χ0v) is 23.8. The predicted molar refractivity (Wildman–Crippen MR) is 146 cm³/mol. The van der Waals surface area contributed by atoms with Crippen molar-refractivity contribution in [3.05, 3.63) is 12.2 Å². The van der Waals surface area contributed by atoms with Gasteiger partial charge in [-0.2, -0.15) is 0 Å². The van der Waals surface area contributed by atoms with Crippen LogP contribution in [0.2, 0.25) is 0 Å². The Bertz CT molecular complexity index is 968. The van der Waals surface area contributed by atoms with E-state index >= 15 is 0 Å². The largest absolute Gasteiger partial charge is 0.481 e. The van der Waals surface area contributed by atoms with Crippen LogP contribution in [0.4, 0.5) is 0 Å². The third-order valence-corrected chi connectivity index (χ3v) is 9.38. The summed E-state index contributed by atoms with van der Waals surface area (Å²) in [6, 6.07) is 0.351. The Morgan fingerprint density at radius 1 is 1.10 bits per heavy atom. The van der Waals surface area contributed by atoms with Crippen LogP contribution in [0, 0.1) is 5.92 Å². The number of hydrogen-bond acceptors (Lipinski definition) is 7. The normalized spacial score (nSPS) is 37.2. The lowest BCUT2D eigenvalue weighted by Gasteiger charge is -2.50. The maximum atomic E-state index is 13.8. The number of ether oxygens (including phenoxy) is 3. The first-order chi connectivity index (χ1) is 18.8. The molecule has 5 aliphatic rings.